The van der Waals surface area contributed by atoms with Gasteiger partial charge in [0.15, 0.2) is 17.5 Å². The molecule has 12 aromatic rings. The molecule has 3 nitrogen and oxygen atoms in total. The number of thiophene rings is 2. The van der Waals surface area contributed by atoms with Crippen molar-refractivity contribution in [1.82, 2.24) is 15.0 Å². The highest BCUT2D eigenvalue weighted by Gasteiger charge is 2.19. The van der Waals surface area contributed by atoms with Gasteiger partial charge in [-0.25, -0.2) is 15.0 Å². The molecule has 5 heteroatoms. The Hall–Kier alpha value is -6.79. The van der Waals surface area contributed by atoms with Gasteiger partial charge in [-0.1, -0.05) is 140 Å². The van der Waals surface area contributed by atoms with E-state index >= 15 is 0 Å². The number of nitrogens with zero attached hydrogens (tertiary/aromatic N) is 3. The standard InChI is InChI=1S/C51H29N3S2/c1-2-11-31(12-3-1)49-52-50(54-51(53-49)42-17-8-15-40-39-14-6-7-18-44(39)56-48(40)42)41-16-9-19-46-47(41)43-29-33(23-27-45(43)55-46)32-21-24-36-34(28-32)22-26-37-35-13-5-4-10-30(35)20-25-38(36)37/h1-29H. The van der Waals surface area contributed by atoms with Gasteiger partial charge in [0.25, 0.3) is 0 Å². The van der Waals surface area contributed by atoms with Crippen molar-refractivity contribution in [2.45, 2.75) is 0 Å². The molecule has 0 aliphatic carbocycles. The number of fused-ring (bicyclic) bond motifs is 11. The molecule has 0 bridgehead atoms. The zero-order chi connectivity index (χ0) is 36.7. The lowest BCUT2D eigenvalue weighted by Crippen LogP contribution is -2.00. The van der Waals surface area contributed by atoms with Gasteiger partial charge >= 0.3 is 0 Å². The monoisotopic (exact) mass is 747 g/mol. The first-order valence-corrected chi connectivity index (χ1v) is 20.4. The van der Waals surface area contributed by atoms with Crippen LogP contribution in [-0.4, -0.2) is 15.0 Å². The Bertz CT molecular complexity index is 3550. The summed E-state index contributed by atoms with van der Waals surface area (Å²) in [6.45, 7) is 0. The highest BCUT2D eigenvalue weighted by molar-refractivity contribution is 7.26. The first-order valence-electron chi connectivity index (χ1n) is 18.8. The highest BCUT2D eigenvalue weighted by atomic mass is 32.1. The zero-order valence-electron chi connectivity index (χ0n) is 29.9. The van der Waals surface area contributed by atoms with Crippen molar-refractivity contribution < 1.29 is 0 Å². The molecule has 0 saturated carbocycles. The summed E-state index contributed by atoms with van der Waals surface area (Å²) in [7, 11) is 0. The molecular weight excluding hydrogens is 719 g/mol. The third-order valence-electron chi connectivity index (χ3n) is 11.1. The summed E-state index contributed by atoms with van der Waals surface area (Å²) in [4.78, 5) is 15.7. The normalized spacial score (nSPS) is 11.9. The Kier molecular flexibility index (Phi) is 6.97. The van der Waals surface area contributed by atoms with E-state index in [0.717, 1.165) is 16.7 Å². The predicted molar refractivity (Wildman–Crippen MR) is 240 cm³/mol. The average Bonchev–Trinajstić information content (AvgIpc) is 3.84. The quantitative estimate of drug-likeness (QED) is 0.168. The fourth-order valence-electron chi connectivity index (χ4n) is 8.46. The molecule has 56 heavy (non-hydrogen) atoms. The Morgan fingerprint density at radius 1 is 0.304 bits per heavy atom. The molecule has 0 spiro atoms. The van der Waals surface area contributed by atoms with E-state index in [0.29, 0.717) is 17.5 Å². The first-order chi connectivity index (χ1) is 27.7. The van der Waals surface area contributed by atoms with E-state index in [2.05, 4.69) is 158 Å². The molecule has 0 radical (unpaired) electrons. The van der Waals surface area contributed by atoms with E-state index in [1.54, 1.807) is 11.3 Å². The van der Waals surface area contributed by atoms with Gasteiger partial charge in [-0.15, -0.1) is 22.7 Å². The van der Waals surface area contributed by atoms with Gasteiger partial charge < -0.3 is 0 Å². The minimum Gasteiger partial charge on any atom is -0.208 e. The summed E-state index contributed by atoms with van der Waals surface area (Å²) in [5, 5.41) is 12.5. The maximum atomic E-state index is 5.30. The van der Waals surface area contributed by atoms with E-state index in [1.807, 2.05) is 29.5 Å². The molecule has 260 valence electrons. The smallest absolute Gasteiger partial charge is 0.165 e. The van der Waals surface area contributed by atoms with Gasteiger partial charge in [-0.05, 0) is 79.8 Å². The Labute approximate surface area is 329 Å². The van der Waals surface area contributed by atoms with Crippen LogP contribution in [0.1, 0.15) is 0 Å². The third-order valence-corrected chi connectivity index (χ3v) is 13.5. The minimum atomic E-state index is 0.664. The lowest BCUT2D eigenvalue weighted by molar-refractivity contribution is 1.08. The highest BCUT2D eigenvalue weighted by Crippen LogP contribution is 2.43. The van der Waals surface area contributed by atoms with E-state index in [1.165, 1.54) is 83.8 Å². The fourth-order valence-corrected chi connectivity index (χ4v) is 10.8. The molecule has 0 aliphatic rings. The summed E-state index contributed by atoms with van der Waals surface area (Å²) in [5.74, 6) is 2.02. The molecule has 0 unspecified atom stereocenters. The Morgan fingerprint density at radius 2 is 0.911 bits per heavy atom. The van der Waals surface area contributed by atoms with Crippen molar-refractivity contribution in [2.24, 2.45) is 0 Å². The molecule has 3 heterocycles. The van der Waals surface area contributed by atoms with Crippen LogP contribution < -0.4 is 0 Å². The van der Waals surface area contributed by atoms with E-state index < -0.39 is 0 Å². The van der Waals surface area contributed by atoms with Gasteiger partial charge in [-0.2, -0.15) is 0 Å². The van der Waals surface area contributed by atoms with Gasteiger partial charge in [0.1, 0.15) is 0 Å². The number of hydrogen-bond donors (Lipinski definition) is 0. The molecule has 0 amide bonds. The molecule has 0 N–H and O–H groups in total. The maximum Gasteiger partial charge on any atom is 0.165 e. The van der Waals surface area contributed by atoms with Gasteiger partial charge in [-0.3, -0.25) is 0 Å². The number of rotatable bonds is 4. The van der Waals surface area contributed by atoms with Gasteiger partial charge in [0.05, 0.1) is 0 Å². The summed E-state index contributed by atoms with van der Waals surface area (Å²) in [6.07, 6.45) is 0. The second-order valence-corrected chi connectivity index (χ2v) is 16.5. The Balaban J connectivity index is 1.04. The van der Waals surface area contributed by atoms with Crippen molar-refractivity contribution >= 4 is 95.3 Å². The lowest BCUT2D eigenvalue weighted by Gasteiger charge is -2.11. The molecule has 0 aliphatic heterocycles. The second-order valence-electron chi connectivity index (χ2n) is 14.3. The largest absolute Gasteiger partial charge is 0.208 e. The van der Waals surface area contributed by atoms with E-state index in [4.69, 9.17) is 15.0 Å². The van der Waals surface area contributed by atoms with Crippen LogP contribution in [0.2, 0.25) is 0 Å². The molecule has 0 saturated heterocycles. The van der Waals surface area contributed by atoms with Crippen molar-refractivity contribution in [1.29, 1.82) is 0 Å². The van der Waals surface area contributed by atoms with Gasteiger partial charge in [0, 0.05) is 57.0 Å². The fraction of sp³-hybridized carbons (Fsp3) is 0. The second kappa shape index (κ2) is 12.4. The number of aromatic nitrogens is 3. The van der Waals surface area contributed by atoms with Crippen molar-refractivity contribution in [3.63, 3.8) is 0 Å². The molecule has 0 atom stereocenters. The van der Waals surface area contributed by atoms with Crippen LogP contribution in [0.4, 0.5) is 0 Å². The van der Waals surface area contributed by atoms with Crippen molar-refractivity contribution in [2.75, 3.05) is 0 Å². The lowest BCUT2D eigenvalue weighted by atomic mass is 9.94. The predicted octanol–water partition coefficient (Wildman–Crippen LogP) is 14.7. The first kappa shape index (κ1) is 31.5. The summed E-state index contributed by atoms with van der Waals surface area (Å²) >= 11 is 3.61. The van der Waals surface area contributed by atoms with E-state index in [-0.39, 0.29) is 0 Å². The summed E-state index contributed by atoms with van der Waals surface area (Å²) in [6, 6.07) is 63.3. The summed E-state index contributed by atoms with van der Waals surface area (Å²) in [5.41, 5.74) is 5.37. The van der Waals surface area contributed by atoms with Crippen LogP contribution in [-0.2, 0) is 0 Å². The average molecular weight is 748 g/mol. The molecule has 3 aromatic heterocycles. The van der Waals surface area contributed by atoms with Crippen LogP contribution in [0.25, 0.3) is 118 Å². The molecule has 12 rings (SSSR count). The minimum absolute atomic E-state index is 0.664. The van der Waals surface area contributed by atoms with Crippen LogP contribution in [0, 0.1) is 0 Å². The van der Waals surface area contributed by atoms with Crippen LogP contribution >= 0.6 is 22.7 Å². The van der Waals surface area contributed by atoms with Crippen molar-refractivity contribution in [3.8, 4) is 45.3 Å². The van der Waals surface area contributed by atoms with Crippen molar-refractivity contribution in [3.05, 3.63) is 176 Å². The zero-order valence-corrected chi connectivity index (χ0v) is 31.5. The van der Waals surface area contributed by atoms with Gasteiger partial charge in [0.2, 0.25) is 0 Å². The molecule has 0 fully saturated rings. The van der Waals surface area contributed by atoms with Crippen LogP contribution in [0.3, 0.4) is 0 Å². The Morgan fingerprint density at radius 3 is 1.80 bits per heavy atom. The third kappa shape index (κ3) is 4.92. The molecule has 9 aromatic carbocycles. The maximum absolute atomic E-state index is 5.30. The molecular formula is C51H29N3S2. The summed E-state index contributed by atoms with van der Waals surface area (Å²) < 4.78 is 4.89. The van der Waals surface area contributed by atoms with Crippen LogP contribution in [0.5, 0.6) is 0 Å². The number of benzene rings is 9. The number of hydrogen-bond acceptors (Lipinski definition) is 5. The van der Waals surface area contributed by atoms with Crippen LogP contribution in [0.15, 0.2) is 176 Å². The SMILES string of the molecule is c1ccc(-c2nc(-c3cccc4c3sc3ccccc34)nc(-c3cccc4sc5ccc(-c6ccc7c(ccc8c9ccccc9ccc78)c6)cc5c34)n2)cc1. The van der Waals surface area contributed by atoms with E-state index in [9.17, 15) is 0 Å². The topological polar surface area (TPSA) is 38.7 Å².